The van der Waals surface area contributed by atoms with Crippen LogP contribution in [-0.2, 0) is 22.2 Å². The van der Waals surface area contributed by atoms with Crippen LogP contribution >= 0.6 is 11.6 Å². The van der Waals surface area contributed by atoms with E-state index in [0.29, 0.717) is 13.0 Å². The highest BCUT2D eigenvalue weighted by atomic mass is 35.5. The van der Waals surface area contributed by atoms with Crippen LogP contribution in [0.5, 0.6) is 0 Å². The van der Waals surface area contributed by atoms with Gasteiger partial charge in [0.25, 0.3) is 0 Å². The number of rotatable bonds is 5. The molecule has 0 aliphatic carbocycles. The monoisotopic (exact) mass is 448 g/mol. The molecule has 1 fully saturated rings. The minimum absolute atomic E-state index is 0.0333. The Morgan fingerprint density at radius 1 is 1.40 bits per heavy atom. The van der Waals surface area contributed by atoms with Crippen LogP contribution in [0.2, 0.25) is 5.02 Å². The number of hydrogen-bond donors (Lipinski definition) is 3. The van der Waals surface area contributed by atoms with Gasteiger partial charge in [-0.15, -0.1) is 0 Å². The van der Waals surface area contributed by atoms with E-state index in [1.165, 1.54) is 6.07 Å². The number of halogens is 5. The first-order valence-corrected chi connectivity index (χ1v) is 9.06. The van der Waals surface area contributed by atoms with Crippen molar-refractivity contribution in [2.45, 2.75) is 24.9 Å². The topological polar surface area (TPSA) is 98.5 Å². The first-order valence-electron chi connectivity index (χ1n) is 8.68. The lowest BCUT2D eigenvalue weighted by Gasteiger charge is -2.22. The van der Waals surface area contributed by atoms with Crippen molar-refractivity contribution in [3.63, 3.8) is 0 Å². The number of carbonyl (C=O) groups is 1. The maximum absolute atomic E-state index is 14.0. The molecule has 2 aromatic rings. The van der Waals surface area contributed by atoms with Crippen LogP contribution in [-0.4, -0.2) is 30.0 Å². The molecule has 0 unspecified atom stereocenters. The molecule has 1 aromatic carbocycles. The molecule has 1 aliphatic rings. The molecule has 1 aromatic heterocycles. The van der Waals surface area contributed by atoms with Gasteiger partial charge in [0, 0.05) is 6.42 Å². The van der Waals surface area contributed by atoms with Crippen molar-refractivity contribution in [2.24, 2.45) is 5.73 Å². The molecular formula is C18H17ClF4N4O3. The molecule has 2 heterocycles. The molecule has 12 heteroatoms. The Labute approximate surface area is 173 Å². The van der Waals surface area contributed by atoms with E-state index >= 15 is 0 Å². The Hall–Kier alpha value is -2.63. The summed E-state index contributed by atoms with van der Waals surface area (Å²) in [4.78, 5) is 15.9. The van der Waals surface area contributed by atoms with Gasteiger partial charge in [0.2, 0.25) is 0 Å². The maximum Gasteiger partial charge on any atom is 0.418 e. The number of nitrogens with zero attached hydrogens (tertiary/aromatic N) is 1. The third kappa shape index (κ3) is 5.29. The summed E-state index contributed by atoms with van der Waals surface area (Å²) in [6.45, 7) is 0.335. The van der Waals surface area contributed by atoms with Crippen molar-refractivity contribution in [1.29, 1.82) is 0 Å². The average Bonchev–Trinajstić information content (AvgIpc) is 3.07. The van der Waals surface area contributed by atoms with Crippen molar-refractivity contribution in [3.8, 4) is 0 Å². The third-order valence-electron chi connectivity index (χ3n) is 4.22. The second-order valence-electron chi connectivity index (χ2n) is 6.55. The maximum atomic E-state index is 14.0. The van der Waals surface area contributed by atoms with Gasteiger partial charge >= 0.3 is 12.3 Å². The summed E-state index contributed by atoms with van der Waals surface area (Å²) in [5.74, 6) is -1.08. The molecule has 7 nitrogen and oxygen atoms in total. The number of anilines is 2. The Balaban J connectivity index is 1.67. The van der Waals surface area contributed by atoms with Crippen molar-refractivity contribution in [2.75, 3.05) is 18.5 Å². The predicted molar refractivity (Wildman–Crippen MR) is 99.6 cm³/mol. The lowest BCUT2D eigenvalue weighted by Crippen LogP contribution is -2.47. The zero-order valence-corrected chi connectivity index (χ0v) is 16.1. The largest absolute Gasteiger partial charge is 0.425 e. The van der Waals surface area contributed by atoms with Crippen molar-refractivity contribution < 1.29 is 31.8 Å². The van der Waals surface area contributed by atoms with Crippen LogP contribution in [0.25, 0.3) is 0 Å². The summed E-state index contributed by atoms with van der Waals surface area (Å²) >= 11 is 6.09. The van der Waals surface area contributed by atoms with Gasteiger partial charge < -0.3 is 20.1 Å². The molecule has 162 valence electrons. The number of para-hydroxylation sites is 1. The molecule has 4 N–H and O–H groups in total. The van der Waals surface area contributed by atoms with Gasteiger partial charge in [0.05, 0.1) is 47.0 Å². The standard InChI is InChI=1S/C18H17ClF4N4O3/c19-12-6-10(27-15-11(18(21,22)23)2-1-3-13(15)20)7-25-14(12)8-26-16(28)30-17(24)4-5-29-9-17/h1-3,6-7,27H,4-5,8-9,24H2,(H,26,28)/t17-/m0/s1. The number of hydrogen-bond acceptors (Lipinski definition) is 6. The Bertz CT molecular complexity index is 936. The summed E-state index contributed by atoms with van der Waals surface area (Å²) in [6.07, 6.45) is -4.04. The quantitative estimate of drug-likeness (QED) is 0.473. The second-order valence-corrected chi connectivity index (χ2v) is 6.96. The number of pyridine rings is 1. The van der Waals surface area contributed by atoms with E-state index < -0.39 is 35.1 Å². The molecule has 3 rings (SSSR count). The van der Waals surface area contributed by atoms with Gasteiger partial charge in [-0.25, -0.2) is 9.18 Å². The van der Waals surface area contributed by atoms with E-state index in [0.717, 1.165) is 24.4 Å². The summed E-state index contributed by atoms with van der Waals surface area (Å²) in [5.41, 5.74) is 2.97. The Kier molecular flexibility index (Phi) is 6.34. The third-order valence-corrected chi connectivity index (χ3v) is 4.55. The first kappa shape index (κ1) is 22.1. The minimum atomic E-state index is -4.75. The van der Waals surface area contributed by atoms with Gasteiger partial charge in [-0.1, -0.05) is 17.7 Å². The smallest absolute Gasteiger partial charge is 0.418 e. The fourth-order valence-corrected chi connectivity index (χ4v) is 2.95. The Morgan fingerprint density at radius 2 is 2.17 bits per heavy atom. The number of ether oxygens (including phenoxy) is 2. The molecule has 1 atom stereocenters. The van der Waals surface area contributed by atoms with Gasteiger partial charge in [-0.2, -0.15) is 13.2 Å². The minimum Gasteiger partial charge on any atom is -0.425 e. The summed E-state index contributed by atoms with van der Waals surface area (Å²) < 4.78 is 63.4. The molecule has 0 bridgehead atoms. The number of benzene rings is 1. The SMILES string of the molecule is N[C@]1(OC(=O)NCc2ncc(Nc3c(F)cccc3C(F)(F)F)cc2Cl)CCOC1. The fourth-order valence-electron chi connectivity index (χ4n) is 2.72. The van der Waals surface area contributed by atoms with Crippen LogP contribution in [0, 0.1) is 5.82 Å². The molecule has 1 amide bonds. The highest BCUT2D eigenvalue weighted by molar-refractivity contribution is 6.31. The number of nitrogens with one attached hydrogen (secondary N) is 2. The second kappa shape index (κ2) is 8.62. The van der Waals surface area contributed by atoms with Crippen LogP contribution in [0.15, 0.2) is 30.5 Å². The van der Waals surface area contributed by atoms with Gasteiger partial charge in [0.1, 0.15) is 12.4 Å². The summed E-state index contributed by atoms with van der Waals surface area (Å²) in [5, 5.41) is 4.81. The number of nitrogens with two attached hydrogens (primary N) is 1. The Morgan fingerprint density at radius 3 is 2.80 bits per heavy atom. The predicted octanol–water partition coefficient (Wildman–Crippen LogP) is 3.94. The number of amides is 1. The van der Waals surface area contributed by atoms with Crippen LogP contribution < -0.4 is 16.4 Å². The number of alkyl halides is 3. The molecular weight excluding hydrogens is 432 g/mol. The summed E-state index contributed by atoms with van der Waals surface area (Å²) in [7, 11) is 0. The zero-order valence-electron chi connectivity index (χ0n) is 15.4. The number of aromatic nitrogens is 1. The first-order chi connectivity index (χ1) is 14.1. The van der Waals surface area contributed by atoms with E-state index in [9.17, 15) is 22.4 Å². The zero-order chi connectivity index (χ0) is 21.9. The number of alkyl carbamates (subject to hydrolysis) is 1. The van der Waals surface area contributed by atoms with Crippen LogP contribution in [0.1, 0.15) is 17.7 Å². The highest BCUT2D eigenvalue weighted by Gasteiger charge is 2.35. The molecule has 0 spiro atoms. The summed E-state index contributed by atoms with van der Waals surface area (Å²) in [6, 6.07) is 3.88. The van der Waals surface area contributed by atoms with Crippen molar-refractivity contribution in [1.82, 2.24) is 10.3 Å². The molecule has 30 heavy (non-hydrogen) atoms. The molecule has 0 radical (unpaired) electrons. The molecule has 0 saturated carbocycles. The van der Waals surface area contributed by atoms with Gasteiger partial charge in [-0.3, -0.25) is 10.7 Å². The average molecular weight is 449 g/mol. The normalized spacial score (nSPS) is 18.9. The van der Waals surface area contributed by atoms with Crippen molar-refractivity contribution >= 4 is 29.1 Å². The lowest BCUT2D eigenvalue weighted by atomic mass is 10.1. The molecule has 1 saturated heterocycles. The fraction of sp³-hybridized carbons (Fsp3) is 0.333. The van der Waals surface area contributed by atoms with Crippen LogP contribution in [0.4, 0.5) is 33.7 Å². The van der Waals surface area contributed by atoms with Crippen LogP contribution in [0.3, 0.4) is 0 Å². The molecule has 1 aliphatic heterocycles. The number of carbonyl (C=O) groups excluding carboxylic acids is 1. The highest BCUT2D eigenvalue weighted by Crippen LogP contribution is 2.37. The van der Waals surface area contributed by atoms with E-state index in [1.807, 2.05) is 0 Å². The van der Waals surface area contributed by atoms with Gasteiger partial charge in [0.15, 0.2) is 5.72 Å². The van der Waals surface area contributed by atoms with E-state index in [4.69, 9.17) is 26.8 Å². The van der Waals surface area contributed by atoms with E-state index in [-0.39, 0.29) is 29.6 Å². The van der Waals surface area contributed by atoms with Crippen molar-refractivity contribution in [3.05, 3.63) is 52.6 Å². The lowest BCUT2D eigenvalue weighted by molar-refractivity contribution is -0.137. The van der Waals surface area contributed by atoms with E-state index in [2.05, 4.69) is 15.6 Å². The van der Waals surface area contributed by atoms with E-state index in [1.54, 1.807) is 0 Å². The van der Waals surface area contributed by atoms with Gasteiger partial charge in [-0.05, 0) is 18.2 Å².